The van der Waals surface area contributed by atoms with Gasteiger partial charge in [-0.15, -0.1) is 0 Å². The molecule has 2 aliphatic rings. The Morgan fingerprint density at radius 3 is 2.85 bits per heavy atom. The quantitative estimate of drug-likeness (QED) is 0.890. The van der Waals surface area contributed by atoms with E-state index in [4.69, 9.17) is 4.74 Å². The highest BCUT2D eigenvalue weighted by atomic mass is 16.5. The van der Waals surface area contributed by atoms with Gasteiger partial charge in [0.1, 0.15) is 0 Å². The van der Waals surface area contributed by atoms with Crippen LogP contribution in [0.5, 0.6) is 0 Å². The molecule has 1 aromatic carbocycles. The second kappa shape index (κ2) is 5.87. The van der Waals surface area contributed by atoms with Crippen LogP contribution in [0.25, 0.3) is 0 Å². The lowest BCUT2D eigenvalue weighted by molar-refractivity contribution is -0.0357. The van der Waals surface area contributed by atoms with Crippen LogP contribution in [0.4, 0.5) is 0 Å². The fourth-order valence-electron chi connectivity index (χ4n) is 3.79. The van der Waals surface area contributed by atoms with Gasteiger partial charge in [0.25, 0.3) is 0 Å². The molecule has 1 aliphatic heterocycles. The van der Waals surface area contributed by atoms with Gasteiger partial charge in [0.15, 0.2) is 0 Å². The van der Waals surface area contributed by atoms with Gasteiger partial charge < -0.3 is 10.1 Å². The lowest BCUT2D eigenvalue weighted by atomic mass is 9.98. The Morgan fingerprint density at radius 2 is 2.10 bits per heavy atom. The first-order valence-corrected chi connectivity index (χ1v) is 8.15. The summed E-state index contributed by atoms with van der Waals surface area (Å²) in [4.78, 5) is 0. The monoisotopic (exact) mass is 273 g/mol. The minimum Gasteiger partial charge on any atom is -0.370 e. The minimum atomic E-state index is 0.263. The van der Waals surface area contributed by atoms with Crippen molar-refractivity contribution in [2.75, 3.05) is 6.54 Å². The summed E-state index contributed by atoms with van der Waals surface area (Å²) in [5.41, 5.74) is 2.97. The molecule has 1 saturated carbocycles. The number of nitrogens with one attached hydrogen (secondary N) is 1. The molecule has 0 radical (unpaired) electrons. The van der Waals surface area contributed by atoms with E-state index < -0.39 is 0 Å². The molecule has 2 heteroatoms. The summed E-state index contributed by atoms with van der Waals surface area (Å²) in [7, 11) is 0. The van der Waals surface area contributed by atoms with Gasteiger partial charge in [-0.25, -0.2) is 0 Å². The first-order chi connectivity index (χ1) is 9.67. The molecule has 1 N–H and O–H groups in total. The van der Waals surface area contributed by atoms with E-state index in [1.807, 2.05) is 0 Å². The standard InChI is InChI=1S/C18H27NO/c1-14-6-5-7-16(12-14)15(2)19-13-17-8-11-18(20-17)9-3-4-10-18/h5-7,12,15,17,19H,3-4,8-11,13H2,1-2H3/t15-,17?/m0/s1. The molecule has 20 heavy (non-hydrogen) atoms. The second-order valence-electron chi connectivity index (χ2n) is 6.71. The molecule has 1 unspecified atom stereocenters. The Labute approximate surface area is 122 Å². The van der Waals surface area contributed by atoms with Gasteiger partial charge in [0.2, 0.25) is 0 Å². The van der Waals surface area contributed by atoms with E-state index in [0.29, 0.717) is 12.1 Å². The van der Waals surface area contributed by atoms with Gasteiger partial charge in [-0.3, -0.25) is 0 Å². The predicted octanol–water partition coefficient (Wildman–Crippen LogP) is 4.14. The van der Waals surface area contributed by atoms with Gasteiger partial charge in [-0.05, 0) is 45.1 Å². The molecule has 1 saturated heterocycles. The average Bonchev–Trinajstić information content (AvgIpc) is 3.07. The maximum Gasteiger partial charge on any atom is 0.0708 e. The number of hydrogen-bond donors (Lipinski definition) is 1. The molecule has 1 heterocycles. The van der Waals surface area contributed by atoms with Crippen molar-refractivity contribution < 1.29 is 4.74 Å². The molecule has 2 atom stereocenters. The smallest absolute Gasteiger partial charge is 0.0708 e. The van der Waals surface area contributed by atoms with Crippen LogP contribution in [0.3, 0.4) is 0 Å². The molecule has 1 aliphatic carbocycles. The molecule has 2 fully saturated rings. The van der Waals surface area contributed by atoms with Gasteiger partial charge in [-0.2, -0.15) is 0 Å². The predicted molar refractivity (Wildman–Crippen MR) is 82.9 cm³/mol. The fraction of sp³-hybridized carbons (Fsp3) is 0.667. The summed E-state index contributed by atoms with van der Waals surface area (Å²) in [6.07, 6.45) is 8.22. The van der Waals surface area contributed by atoms with E-state index in [9.17, 15) is 0 Å². The zero-order valence-corrected chi connectivity index (χ0v) is 12.8. The van der Waals surface area contributed by atoms with E-state index in [1.165, 1.54) is 49.7 Å². The van der Waals surface area contributed by atoms with E-state index in [2.05, 4.69) is 43.4 Å². The highest BCUT2D eigenvalue weighted by Gasteiger charge is 2.41. The lowest BCUT2D eigenvalue weighted by Crippen LogP contribution is -2.32. The summed E-state index contributed by atoms with van der Waals surface area (Å²) in [6, 6.07) is 9.17. The van der Waals surface area contributed by atoms with Crippen molar-refractivity contribution in [1.82, 2.24) is 5.32 Å². The van der Waals surface area contributed by atoms with Gasteiger partial charge in [0, 0.05) is 12.6 Å². The summed E-state index contributed by atoms with van der Waals surface area (Å²) in [5.74, 6) is 0. The molecule has 3 rings (SSSR count). The molecule has 110 valence electrons. The average molecular weight is 273 g/mol. The van der Waals surface area contributed by atoms with Gasteiger partial charge in [-0.1, -0.05) is 42.7 Å². The van der Waals surface area contributed by atoms with Crippen molar-refractivity contribution in [3.05, 3.63) is 35.4 Å². The van der Waals surface area contributed by atoms with Crippen LogP contribution < -0.4 is 5.32 Å². The molecular weight excluding hydrogens is 246 g/mol. The Bertz CT molecular complexity index is 450. The molecule has 2 nitrogen and oxygen atoms in total. The fourth-order valence-corrected chi connectivity index (χ4v) is 3.79. The summed E-state index contributed by atoms with van der Waals surface area (Å²) in [6.45, 7) is 5.38. The third-order valence-electron chi connectivity index (χ3n) is 5.05. The molecule has 1 spiro atoms. The maximum absolute atomic E-state index is 6.36. The molecular formula is C18H27NO. The topological polar surface area (TPSA) is 21.3 Å². The number of ether oxygens (including phenoxy) is 1. The SMILES string of the molecule is Cc1cccc([C@H](C)NCC2CCC3(CCCC3)O2)c1. The van der Waals surface area contributed by atoms with Crippen LogP contribution in [-0.4, -0.2) is 18.2 Å². The zero-order chi connectivity index (χ0) is 14.0. The van der Waals surface area contributed by atoms with Crippen LogP contribution in [0.15, 0.2) is 24.3 Å². The minimum absolute atomic E-state index is 0.263. The summed E-state index contributed by atoms with van der Waals surface area (Å²) in [5, 5.41) is 3.65. The van der Waals surface area contributed by atoms with Crippen molar-refractivity contribution in [2.45, 2.75) is 70.1 Å². The lowest BCUT2D eigenvalue weighted by Gasteiger charge is -2.24. The third-order valence-corrected chi connectivity index (χ3v) is 5.05. The molecule has 0 aromatic heterocycles. The largest absolute Gasteiger partial charge is 0.370 e. The van der Waals surface area contributed by atoms with E-state index >= 15 is 0 Å². The van der Waals surface area contributed by atoms with Crippen LogP contribution in [0.2, 0.25) is 0 Å². The highest BCUT2D eigenvalue weighted by Crippen LogP contribution is 2.43. The first-order valence-electron chi connectivity index (χ1n) is 8.15. The van der Waals surface area contributed by atoms with E-state index in [0.717, 1.165) is 6.54 Å². The normalized spacial score (nSPS) is 26.2. The first kappa shape index (κ1) is 14.1. The highest BCUT2D eigenvalue weighted by molar-refractivity contribution is 5.24. The maximum atomic E-state index is 6.36. The van der Waals surface area contributed by atoms with Crippen molar-refractivity contribution >= 4 is 0 Å². The van der Waals surface area contributed by atoms with Gasteiger partial charge in [0.05, 0.1) is 11.7 Å². The summed E-state index contributed by atoms with van der Waals surface area (Å²) >= 11 is 0. The molecule has 1 aromatic rings. The van der Waals surface area contributed by atoms with Crippen LogP contribution in [-0.2, 0) is 4.74 Å². The van der Waals surface area contributed by atoms with Crippen LogP contribution in [0.1, 0.15) is 62.6 Å². The Morgan fingerprint density at radius 1 is 1.30 bits per heavy atom. The zero-order valence-electron chi connectivity index (χ0n) is 12.8. The summed E-state index contributed by atoms with van der Waals surface area (Å²) < 4.78 is 6.36. The second-order valence-corrected chi connectivity index (χ2v) is 6.71. The number of aryl methyl sites for hydroxylation is 1. The van der Waals surface area contributed by atoms with Crippen molar-refractivity contribution in [1.29, 1.82) is 0 Å². The number of hydrogen-bond acceptors (Lipinski definition) is 2. The van der Waals surface area contributed by atoms with Crippen molar-refractivity contribution in [2.24, 2.45) is 0 Å². The third kappa shape index (κ3) is 3.07. The van der Waals surface area contributed by atoms with Crippen molar-refractivity contribution in [3.8, 4) is 0 Å². The van der Waals surface area contributed by atoms with Gasteiger partial charge >= 0.3 is 0 Å². The Kier molecular flexibility index (Phi) is 4.13. The van der Waals surface area contributed by atoms with E-state index in [1.54, 1.807) is 0 Å². The van der Waals surface area contributed by atoms with E-state index in [-0.39, 0.29) is 5.60 Å². The van der Waals surface area contributed by atoms with Crippen molar-refractivity contribution in [3.63, 3.8) is 0 Å². The Balaban J connectivity index is 1.50. The molecule has 0 bridgehead atoms. The van der Waals surface area contributed by atoms with Crippen LogP contribution in [0, 0.1) is 6.92 Å². The Hall–Kier alpha value is -0.860. The number of benzene rings is 1. The van der Waals surface area contributed by atoms with Crippen LogP contribution >= 0.6 is 0 Å². The number of rotatable bonds is 4. The molecule has 0 amide bonds.